The van der Waals surface area contributed by atoms with Gasteiger partial charge in [0.2, 0.25) is 0 Å². The molecule has 0 fully saturated rings. The number of rotatable bonds is 3. The van der Waals surface area contributed by atoms with Gasteiger partial charge in [-0.15, -0.1) is 0 Å². The van der Waals surface area contributed by atoms with Gasteiger partial charge in [-0.25, -0.2) is 12.8 Å². The van der Waals surface area contributed by atoms with Crippen LogP contribution in [0.4, 0.5) is 4.39 Å². The fourth-order valence-corrected chi connectivity index (χ4v) is 1.92. The predicted molar refractivity (Wildman–Crippen MR) is 55.2 cm³/mol. The molecule has 0 spiro atoms. The van der Waals surface area contributed by atoms with Gasteiger partial charge in [0, 0.05) is 6.26 Å². The van der Waals surface area contributed by atoms with E-state index in [0.717, 1.165) is 18.4 Å². The maximum absolute atomic E-state index is 13.4. The number of esters is 1. The average molecular weight is 246 g/mol. The minimum atomic E-state index is -3.58. The lowest BCUT2D eigenvalue weighted by molar-refractivity contribution is -0.139. The van der Waals surface area contributed by atoms with E-state index in [9.17, 15) is 17.6 Å². The third-order valence-electron chi connectivity index (χ3n) is 1.97. The molecular weight excluding hydrogens is 235 g/mol. The normalized spacial score (nSPS) is 11.2. The Kier molecular flexibility index (Phi) is 3.64. The minimum absolute atomic E-state index is 0.0859. The van der Waals surface area contributed by atoms with Gasteiger partial charge in [0.25, 0.3) is 0 Å². The third kappa shape index (κ3) is 3.03. The van der Waals surface area contributed by atoms with Crippen LogP contribution in [0.5, 0.6) is 0 Å². The van der Waals surface area contributed by atoms with Crippen LogP contribution in [0, 0.1) is 5.82 Å². The highest BCUT2D eigenvalue weighted by atomic mass is 32.2. The number of methoxy groups -OCH3 is 1. The Morgan fingerprint density at radius 3 is 2.50 bits per heavy atom. The van der Waals surface area contributed by atoms with Gasteiger partial charge in [0.05, 0.1) is 13.5 Å². The van der Waals surface area contributed by atoms with Crippen molar-refractivity contribution in [2.24, 2.45) is 0 Å². The van der Waals surface area contributed by atoms with Crippen molar-refractivity contribution in [3.8, 4) is 0 Å². The molecule has 1 aromatic carbocycles. The first-order chi connectivity index (χ1) is 7.34. The smallest absolute Gasteiger partial charge is 0.309 e. The Hall–Kier alpha value is -1.43. The van der Waals surface area contributed by atoms with Crippen molar-refractivity contribution in [1.82, 2.24) is 0 Å². The molecule has 0 radical (unpaired) electrons. The summed E-state index contributed by atoms with van der Waals surface area (Å²) in [5.74, 6) is -1.37. The molecule has 16 heavy (non-hydrogen) atoms. The van der Waals surface area contributed by atoms with Gasteiger partial charge in [-0.2, -0.15) is 0 Å². The van der Waals surface area contributed by atoms with Crippen LogP contribution in [-0.2, 0) is 25.8 Å². The lowest BCUT2D eigenvalue weighted by Gasteiger charge is -2.03. The molecule has 0 aromatic heterocycles. The van der Waals surface area contributed by atoms with Crippen LogP contribution in [0.25, 0.3) is 0 Å². The molecule has 6 heteroatoms. The molecule has 0 aliphatic heterocycles. The number of hydrogen-bond acceptors (Lipinski definition) is 4. The lowest BCUT2D eigenvalue weighted by atomic mass is 10.1. The molecule has 0 saturated carbocycles. The predicted octanol–water partition coefficient (Wildman–Crippen LogP) is 0.945. The summed E-state index contributed by atoms with van der Waals surface area (Å²) in [7, 11) is -2.35. The van der Waals surface area contributed by atoms with Crippen molar-refractivity contribution >= 4 is 15.8 Å². The molecular formula is C10H11FO4S. The molecule has 0 heterocycles. The Bertz CT molecular complexity index is 508. The average Bonchev–Trinajstić information content (AvgIpc) is 2.15. The summed E-state index contributed by atoms with van der Waals surface area (Å²) in [5, 5.41) is 0. The van der Waals surface area contributed by atoms with E-state index < -0.39 is 21.6 Å². The molecule has 1 rings (SSSR count). The van der Waals surface area contributed by atoms with Gasteiger partial charge in [-0.1, -0.05) is 6.07 Å². The summed E-state index contributed by atoms with van der Waals surface area (Å²) in [6, 6.07) is 3.55. The second-order valence-corrected chi connectivity index (χ2v) is 5.27. The first kappa shape index (κ1) is 12.6. The standard InChI is InChI=1S/C10H11FO4S/c1-15-10(12)6-7-3-4-9(8(11)5-7)16(2,13)14/h3-5H,6H2,1-2H3. The number of hydrogen-bond donors (Lipinski definition) is 0. The van der Waals surface area contributed by atoms with E-state index in [1.54, 1.807) is 0 Å². The largest absolute Gasteiger partial charge is 0.469 e. The van der Waals surface area contributed by atoms with Gasteiger partial charge >= 0.3 is 5.97 Å². The highest BCUT2D eigenvalue weighted by Gasteiger charge is 2.14. The van der Waals surface area contributed by atoms with Crippen LogP contribution in [0.3, 0.4) is 0 Å². The van der Waals surface area contributed by atoms with Gasteiger partial charge in [-0.05, 0) is 17.7 Å². The third-order valence-corrected chi connectivity index (χ3v) is 3.10. The number of halogens is 1. The molecule has 0 saturated heterocycles. The van der Waals surface area contributed by atoms with Gasteiger partial charge in [-0.3, -0.25) is 4.79 Å². The zero-order chi connectivity index (χ0) is 12.3. The second-order valence-electron chi connectivity index (χ2n) is 3.29. The van der Waals surface area contributed by atoms with Crippen molar-refractivity contribution in [3.05, 3.63) is 29.6 Å². The Morgan fingerprint density at radius 2 is 2.06 bits per heavy atom. The van der Waals surface area contributed by atoms with Crippen LogP contribution < -0.4 is 0 Å². The van der Waals surface area contributed by atoms with E-state index in [2.05, 4.69) is 4.74 Å². The summed E-state index contributed by atoms with van der Waals surface area (Å²) in [6.45, 7) is 0. The topological polar surface area (TPSA) is 60.4 Å². The maximum atomic E-state index is 13.4. The van der Waals surface area contributed by atoms with E-state index in [1.165, 1.54) is 13.2 Å². The van der Waals surface area contributed by atoms with Gasteiger partial charge < -0.3 is 4.74 Å². The van der Waals surface area contributed by atoms with Gasteiger partial charge in [0.15, 0.2) is 9.84 Å². The minimum Gasteiger partial charge on any atom is -0.469 e. The summed E-state index contributed by atoms with van der Waals surface area (Å²) in [4.78, 5) is 10.5. The van der Waals surface area contributed by atoms with Crippen LogP contribution in [0.15, 0.2) is 23.1 Å². The molecule has 0 aliphatic rings. The SMILES string of the molecule is COC(=O)Cc1ccc(S(C)(=O)=O)c(F)c1. The molecule has 88 valence electrons. The molecule has 0 atom stereocenters. The number of carbonyl (C=O) groups is 1. The maximum Gasteiger partial charge on any atom is 0.309 e. The molecule has 1 aromatic rings. The monoisotopic (exact) mass is 246 g/mol. The van der Waals surface area contributed by atoms with Crippen LogP contribution in [-0.4, -0.2) is 27.8 Å². The van der Waals surface area contributed by atoms with Crippen molar-refractivity contribution in [3.63, 3.8) is 0 Å². The van der Waals surface area contributed by atoms with Crippen LogP contribution >= 0.6 is 0 Å². The van der Waals surface area contributed by atoms with Crippen LogP contribution in [0.1, 0.15) is 5.56 Å². The van der Waals surface area contributed by atoms with Crippen LogP contribution in [0.2, 0.25) is 0 Å². The number of carbonyl (C=O) groups excluding carboxylic acids is 1. The fourth-order valence-electron chi connectivity index (χ4n) is 1.19. The Labute approximate surface area is 93.0 Å². The van der Waals surface area contributed by atoms with Crippen molar-refractivity contribution in [2.45, 2.75) is 11.3 Å². The summed E-state index contributed by atoms with van der Waals surface area (Å²) in [5.41, 5.74) is 0.372. The number of sulfone groups is 1. The van der Waals surface area contributed by atoms with Crippen molar-refractivity contribution < 1.29 is 22.3 Å². The highest BCUT2D eigenvalue weighted by molar-refractivity contribution is 7.90. The summed E-state index contributed by atoms with van der Waals surface area (Å²) < 4.78 is 40.0. The lowest BCUT2D eigenvalue weighted by Crippen LogP contribution is -2.06. The molecule has 0 N–H and O–H groups in total. The Morgan fingerprint density at radius 1 is 1.44 bits per heavy atom. The fraction of sp³-hybridized carbons (Fsp3) is 0.300. The van der Waals surface area contributed by atoms with E-state index in [0.29, 0.717) is 5.56 Å². The first-order valence-corrected chi connectivity index (χ1v) is 6.29. The first-order valence-electron chi connectivity index (χ1n) is 4.40. The molecule has 4 nitrogen and oxygen atoms in total. The molecule has 0 bridgehead atoms. The molecule has 0 amide bonds. The van der Waals surface area contributed by atoms with Crippen molar-refractivity contribution in [2.75, 3.05) is 13.4 Å². The molecule has 0 unspecified atom stereocenters. The summed E-state index contributed by atoms with van der Waals surface area (Å²) >= 11 is 0. The quantitative estimate of drug-likeness (QED) is 0.745. The highest BCUT2D eigenvalue weighted by Crippen LogP contribution is 2.16. The number of benzene rings is 1. The van der Waals surface area contributed by atoms with E-state index >= 15 is 0 Å². The van der Waals surface area contributed by atoms with Gasteiger partial charge in [0.1, 0.15) is 10.7 Å². The second kappa shape index (κ2) is 4.61. The Balaban J connectivity index is 3.05. The molecule has 0 aliphatic carbocycles. The summed E-state index contributed by atoms with van der Waals surface area (Å²) in [6.07, 6.45) is 0.836. The van der Waals surface area contributed by atoms with E-state index in [-0.39, 0.29) is 11.3 Å². The number of ether oxygens (including phenoxy) is 1. The van der Waals surface area contributed by atoms with E-state index in [1.807, 2.05) is 0 Å². The van der Waals surface area contributed by atoms with Crippen molar-refractivity contribution in [1.29, 1.82) is 0 Å². The zero-order valence-electron chi connectivity index (χ0n) is 8.86. The van der Waals surface area contributed by atoms with E-state index in [4.69, 9.17) is 0 Å². The zero-order valence-corrected chi connectivity index (χ0v) is 9.67.